The Morgan fingerprint density at radius 3 is 2.36 bits per heavy atom. The maximum atomic E-state index is 13.8. The van der Waals surface area contributed by atoms with Crippen LogP contribution in [0, 0.1) is 17.5 Å². The van der Waals surface area contributed by atoms with Crippen molar-refractivity contribution in [2.24, 2.45) is 0 Å². The van der Waals surface area contributed by atoms with Crippen molar-refractivity contribution in [2.75, 3.05) is 22.4 Å². The number of halogens is 3. The van der Waals surface area contributed by atoms with Gasteiger partial charge in [0.25, 0.3) is 0 Å². The van der Waals surface area contributed by atoms with Crippen molar-refractivity contribution in [1.29, 1.82) is 0 Å². The molecule has 0 aliphatic rings. The molecule has 0 fully saturated rings. The second-order valence-electron chi connectivity index (χ2n) is 5.21. The van der Waals surface area contributed by atoms with Gasteiger partial charge in [-0.25, -0.2) is 21.6 Å². The lowest BCUT2D eigenvalue weighted by Crippen LogP contribution is -2.33. The fraction of sp³-hybridized carbons (Fsp3) is 0.188. The predicted molar refractivity (Wildman–Crippen MR) is 88.2 cm³/mol. The lowest BCUT2D eigenvalue weighted by Gasteiger charge is -2.22. The van der Waals surface area contributed by atoms with E-state index >= 15 is 0 Å². The predicted octanol–water partition coefficient (Wildman–Crippen LogP) is 2.90. The number of sulfonamides is 1. The van der Waals surface area contributed by atoms with Crippen LogP contribution in [-0.4, -0.2) is 27.1 Å². The van der Waals surface area contributed by atoms with Crippen LogP contribution in [0.2, 0.25) is 0 Å². The molecule has 9 heteroatoms. The quantitative estimate of drug-likeness (QED) is 0.848. The Kier molecular flexibility index (Phi) is 5.68. The Bertz CT molecular complexity index is 888. The summed E-state index contributed by atoms with van der Waals surface area (Å²) in [7, 11) is -3.83. The molecule has 0 atom stereocenters. The summed E-state index contributed by atoms with van der Waals surface area (Å²) < 4.78 is 64.7. The highest BCUT2D eigenvalue weighted by molar-refractivity contribution is 7.92. The van der Waals surface area contributed by atoms with Crippen LogP contribution < -0.4 is 9.62 Å². The van der Waals surface area contributed by atoms with E-state index in [-0.39, 0.29) is 24.3 Å². The Morgan fingerprint density at radius 1 is 1.08 bits per heavy atom. The van der Waals surface area contributed by atoms with Crippen molar-refractivity contribution in [3.63, 3.8) is 0 Å². The van der Waals surface area contributed by atoms with Crippen LogP contribution in [0.3, 0.4) is 0 Å². The van der Waals surface area contributed by atoms with Gasteiger partial charge in [-0.3, -0.25) is 9.10 Å². The molecule has 0 saturated carbocycles. The number of para-hydroxylation sites is 1. The van der Waals surface area contributed by atoms with E-state index in [0.717, 1.165) is 28.8 Å². The van der Waals surface area contributed by atoms with Crippen molar-refractivity contribution in [3.8, 4) is 0 Å². The minimum Gasteiger partial charge on any atom is -0.324 e. The molecule has 2 aromatic rings. The van der Waals surface area contributed by atoms with E-state index in [1.54, 1.807) is 0 Å². The minimum absolute atomic E-state index is 0.189. The number of carbonyl (C=O) groups excluding carboxylic acids is 1. The molecular weight excluding hydrogens is 357 g/mol. The summed E-state index contributed by atoms with van der Waals surface area (Å²) in [6, 6.07) is 7.87. The average Bonchev–Trinajstić information content (AvgIpc) is 2.51. The first-order chi connectivity index (χ1) is 11.7. The van der Waals surface area contributed by atoms with E-state index in [4.69, 9.17) is 0 Å². The first kappa shape index (κ1) is 18.8. The molecule has 0 heterocycles. The molecule has 2 aromatic carbocycles. The number of hydrogen-bond acceptors (Lipinski definition) is 3. The van der Waals surface area contributed by atoms with Gasteiger partial charge >= 0.3 is 0 Å². The van der Waals surface area contributed by atoms with Gasteiger partial charge in [-0.1, -0.05) is 12.1 Å². The van der Waals surface area contributed by atoms with Crippen LogP contribution >= 0.6 is 0 Å². The number of benzene rings is 2. The van der Waals surface area contributed by atoms with Gasteiger partial charge in [0.1, 0.15) is 17.5 Å². The number of carbonyl (C=O) groups is 1. The van der Waals surface area contributed by atoms with E-state index in [1.165, 1.54) is 18.2 Å². The first-order valence-electron chi connectivity index (χ1n) is 7.15. The molecule has 0 spiro atoms. The van der Waals surface area contributed by atoms with E-state index < -0.39 is 33.4 Å². The third-order valence-corrected chi connectivity index (χ3v) is 4.45. The molecule has 0 saturated heterocycles. The molecule has 0 bridgehead atoms. The molecular formula is C16H15F3N2O3S. The standard InChI is InChI=1S/C16H15F3N2O3S/c1-25(23,24)21(15-5-3-2-4-12(15)18)9-8-16(22)20-14-7-6-11(17)10-13(14)19/h2-7,10H,8-9H2,1H3,(H,20,22). The second-order valence-corrected chi connectivity index (χ2v) is 7.12. The second kappa shape index (κ2) is 7.56. The molecule has 1 N–H and O–H groups in total. The summed E-state index contributed by atoms with van der Waals surface area (Å²) in [5, 5.41) is 2.21. The fourth-order valence-electron chi connectivity index (χ4n) is 2.13. The number of rotatable bonds is 6. The first-order valence-corrected chi connectivity index (χ1v) is 9.00. The van der Waals surface area contributed by atoms with E-state index in [2.05, 4.69) is 5.32 Å². The van der Waals surface area contributed by atoms with E-state index in [1.807, 2.05) is 0 Å². The van der Waals surface area contributed by atoms with Gasteiger partial charge in [-0.05, 0) is 24.3 Å². The third-order valence-electron chi connectivity index (χ3n) is 3.27. The lowest BCUT2D eigenvalue weighted by molar-refractivity contribution is -0.116. The van der Waals surface area contributed by atoms with Crippen LogP contribution in [0.15, 0.2) is 42.5 Å². The van der Waals surface area contributed by atoms with Crippen LogP contribution in [0.5, 0.6) is 0 Å². The zero-order chi connectivity index (χ0) is 18.6. The number of amides is 1. The molecule has 5 nitrogen and oxygen atoms in total. The van der Waals surface area contributed by atoms with Crippen molar-refractivity contribution in [1.82, 2.24) is 0 Å². The molecule has 0 unspecified atom stereocenters. The average molecular weight is 372 g/mol. The smallest absolute Gasteiger partial charge is 0.232 e. The van der Waals surface area contributed by atoms with Crippen molar-refractivity contribution in [3.05, 3.63) is 59.9 Å². The maximum Gasteiger partial charge on any atom is 0.232 e. The fourth-order valence-corrected chi connectivity index (χ4v) is 3.05. The van der Waals surface area contributed by atoms with Gasteiger partial charge in [0.15, 0.2) is 0 Å². The largest absolute Gasteiger partial charge is 0.324 e. The molecule has 134 valence electrons. The molecule has 0 radical (unpaired) electrons. The van der Waals surface area contributed by atoms with Gasteiger partial charge in [0.2, 0.25) is 15.9 Å². The van der Waals surface area contributed by atoms with Crippen LogP contribution in [0.25, 0.3) is 0 Å². The Hall–Kier alpha value is -2.55. The number of nitrogens with zero attached hydrogens (tertiary/aromatic N) is 1. The van der Waals surface area contributed by atoms with Gasteiger partial charge in [-0.2, -0.15) is 0 Å². The topological polar surface area (TPSA) is 66.5 Å². The Morgan fingerprint density at radius 2 is 1.76 bits per heavy atom. The zero-order valence-corrected chi connectivity index (χ0v) is 14.0. The SMILES string of the molecule is CS(=O)(=O)N(CCC(=O)Nc1ccc(F)cc1F)c1ccccc1F. The summed E-state index contributed by atoms with van der Waals surface area (Å²) in [6.07, 6.45) is 0.537. The van der Waals surface area contributed by atoms with E-state index in [0.29, 0.717) is 6.07 Å². The van der Waals surface area contributed by atoms with Gasteiger partial charge in [0.05, 0.1) is 17.6 Å². The van der Waals surface area contributed by atoms with Crippen LogP contribution in [0.1, 0.15) is 6.42 Å². The summed E-state index contributed by atoms with van der Waals surface area (Å²) in [6.45, 7) is -0.339. The summed E-state index contributed by atoms with van der Waals surface area (Å²) in [5.74, 6) is -3.20. The third kappa shape index (κ3) is 4.96. The molecule has 0 aliphatic carbocycles. The summed E-state index contributed by atoms with van der Waals surface area (Å²) >= 11 is 0. The number of anilines is 2. The number of nitrogens with one attached hydrogen (secondary N) is 1. The van der Waals surface area contributed by atoms with Crippen LogP contribution in [0.4, 0.5) is 24.5 Å². The summed E-state index contributed by atoms with van der Waals surface area (Å²) in [5.41, 5.74) is -0.422. The molecule has 25 heavy (non-hydrogen) atoms. The highest BCUT2D eigenvalue weighted by atomic mass is 32.2. The highest BCUT2D eigenvalue weighted by Gasteiger charge is 2.21. The number of hydrogen-bond donors (Lipinski definition) is 1. The highest BCUT2D eigenvalue weighted by Crippen LogP contribution is 2.22. The van der Waals surface area contributed by atoms with Crippen molar-refractivity contribution < 1.29 is 26.4 Å². The normalized spacial score (nSPS) is 11.2. The van der Waals surface area contributed by atoms with Crippen molar-refractivity contribution >= 4 is 27.3 Å². The van der Waals surface area contributed by atoms with Gasteiger partial charge in [-0.15, -0.1) is 0 Å². The van der Waals surface area contributed by atoms with Gasteiger partial charge in [0, 0.05) is 19.0 Å². The lowest BCUT2D eigenvalue weighted by atomic mass is 10.2. The molecule has 0 aliphatic heterocycles. The Labute approximate surface area is 143 Å². The van der Waals surface area contributed by atoms with Crippen LogP contribution in [-0.2, 0) is 14.8 Å². The van der Waals surface area contributed by atoms with Crippen molar-refractivity contribution in [2.45, 2.75) is 6.42 Å². The minimum atomic E-state index is -3.83. The molecule has 0 aromatic heterocycles. The maximum absolute atomic E-state index is 13.8. The molecule has 2 rings (SSSR count). The van der Waals surface area contributed by atoms with Gasteiger partial charge < -0.3 is 5.32 Å². The van der Waals surface area contributed by atoms with E-state index in [9.17, 15) is 26.4 Å². The Balaban J connectivity index is 2.11. The summed E-state index contributed by atoms with van der Waals surface area (Å²) in [4.78, 5) is 11.9. The molecule has 1 amide bonds. The zero-order valence-electron chi connectivity index (χ0n) is 13.2. The monoisotopic (exact) mass is 372 g/mol.